The van der Waals surface area contributed by atoms with Crippen molar-refractivity contribution in [3.05, 3.63) is 273 Å². The van der Waals surface area contributed by atoms with E-state index in [-0.39, 0.29) is 13.7 Å². The van der Waals surface area contributed by atoms with Crippen molar-refractivity contribution in [1.82, 2.24) is 8.96 Å². The van der Waals surface area contributed by atoms with E-state index < -0.39 is 0 Å². The lowest BCUT2D eigenvalue weighted by atomic mass is 9.44. The van der Waals surface area contributed by atoms with Gasteiger partial charge in [0.2, 0.25) is 0 Å². The normalized spacial score (nSPS) is 13.1. The fraction of sp³-hybridized carbons (Fsp3) is 0.0137. The molecule has 0 bridgehead atoms. The third-order valence-electron chi connectivity index (χ3n) is 18.0. The van der Waals surface area contributed by atoms with Gasteiger partial charge in [-0.3, -0.25) is 0 Å². The van der Waals surface area contributed by atoms with Gasteiger partial charge >= 0.3 is 13.7 Å². The second-order valence-electron chi connectivity index (χ2n) is 22.0. The maximum absolute atomic E-state index is 2.75. The Morgan fingerprint density at radius 3 is 1.16 bits per heavy atom. The lowest BCUT2D eigenvalue weighted by Crippen LogP contribution is -2.57. The van der Waals surface area contributed by atoms with Crippen LogP contribution >= 0.6 is 0 Å². The molecule has 0 aliphatic carbocycles. The van der Waals surface area contributed by atoms with Gasteiger partial charge in [0.25, 0.3) is 0 Å². The monoisotopic (exact) mass is 1030 g/mol. The minimum absolute atomic E-state index is 0.140. The molecule has 18 rings (SSSR count). The average molecular weight is 1030 g/mol. The molecule has 6 heterocycles. The lowest BCUT2D eigenvalue weighted by Gasteiger charge is -2.42. The van der Waals surface area contributed by atoms with Crippen LogP contribution in [0.5, 0.6) is 0 Å². The minimum Gasteiger partial charge on any atom is -0.375 e. The highest BCUT2D eigenvalue weighted by Gasteiger charge is 2.48. The van der Waals surface area contributed by atoms with Crippen LogP contribution in [-0.4, -0.2) is 29.7 Å². The van der Waals surface area contributed by atoms with Gasteiger partial charge in [-0.2, -0.15) is 0 Å². The molecule has 0 spiro atoms. The molecule has 2 aromatic heterocycles. The largest absolute Gasteiger partial charge is 0.375 e. The fourth-order valence-corrected chi connectivity index (χ4v) is 14.8. The van der Waals surface area contributed by atoms with Gasteiger partial charge in [-0.1, -0.05) is 164 Å². The third kappa shape index (κ3) is 6.03. The zero-order valence-corrected chi connectivity index (χ0v) is 44.3. The van der Waals surface area contributed by atoms with E-state index in [9.17, 15) is 0 Å². The molecule has 12 aromatic carbocycles. The molecule has 4 aliphatic heterocycles. The maximum Gasteiger partial charge on any atom is 0.333 e. The first-order valence-corrected chi connectivity index (χ1v) is 28.1. The van der Waals surface area contributed by atoms with Crippen molar-refractivity contribution in [3.63, 3.8) is 0 Å². The van der Waals surface area contributed by atoms with Crippen LogP contribution in [-0.2, 0) is 0 Å². The molecule has 81 heavy (non-hydrogen) atoms. The van der Waals surface area contributed by atoms with Gasteiger partial charge < -0.3 is 28.6 Å². The summed E-state index contributed by atoms with van der Waals surface area (Å²) >= 11 is 0. The number of para-hydroxylation sites is 9. The zero-order valence-electron chi connectivity index (χ0n) is 44.3. The van der Waals surface area contributed by atoms with Crippen molar-refractivity contribution in [2.24, 2.45) is 0 Å². The highest BCUT2D eigenvalue weighted by atomic mass is 15.2. The molecule has 0 N–H and O–H groups in total. The van der Waals surface area contributed by atoms with Gasteiger partial charge in [-0.05, 0) is 142 Å². The smallest absolute Gasteiger partial charge is 0.333 e. The molecule has 0 amide bonds. The Morgan fingerprint density at radius 2 is 0.691 bits per heavy atom. The molecule has 0 radical (unpaired) electrons. The van der Waals surface area contributed by atoms with E-state index in [4.69, 9.17) is 0 Å². The standard InChI is InChI=1S/C73H48B2N6/c1-76(47-25-7-2-8-26-47)52-43-56-68-66-54-35-17-21-39-60(54)81-73(66)69(67-55-36-18-22-40-61(55)80(72(67)68)74-58-37-19-23-41-62(58)78(64(45-52)70(56)74)50-31-13-5-14-32-50)57-44-53(77(48-27-9-3-10-28-48)49-29-11-4-12-30-49)46-65-71(57)75(81)59-38-20-24-42-63(59)79(65)51-33-15-6-16-34-51/h2-46H,1H3. The van der Waals surface area contributed by atoms with Gasteiger partial charge in [0.05, 0.1) is 0 Å². The first-order valence-electron chi connectivity index (χ1n) is 28.1. The van der Waals surface area contributed by atoms with Crippen LogP contribution in [0.25, 0.3) is 65.9 Å². The second kappa shape index (κ2) is 16.8. The van der Waals surface area contributed by atoms with Crippen LogP contribution < -0.4 is 41.5 Å². The van der Waals surface area contributed by atoms with Gasteiger partial charge in [0.1, 0.15) is 0 Å². The van der Waals surface area contributed by atoms with Crippen molar-refractivity contribution in [2.75, 3.05) is 26.6 Å². The van der Waals surface area contributed by atoms with Gasteiger partial charge in [-0.25, -0.2) is 0 Å². The molecule has 376 valence electrons. The summed E-state index contributed by atoms with van der Waals surface area (Å²) in [7, 11) is 2.22. The second-order valence-corrected chi connectivity index (χ2v) is 22.0. The summed E-state index contributed by atoms with van der Waals surface area (Å²) in [6, 6.07) is 102. The predicted molar refractivity (Wildman–Crippen MR) is 343 cm³/mol. The van der Waals surface area contributed by atoms with Crippen molar-refractivity contribution in [2.45, 2.75) is 0 Å². The number of aromatic nitrogens is 2. The Hall–Kier alpha value is -10.4. The van der Waals surface area contributed by atoms with Crippen molar-refractivity contribution >= 4 is 142 Å². The van der Waals surface area contributed by atoms with E-state index in [0.717, 1.165) is 39.8 Å². The van der Waals surface area contributed by atoms with E-state index in [1.807, 2.05) is 0 Å². The Kier molecular flexibility index (Phi) is 9.23. The van der Waals surface area contributed by atoms with E-state index in [2.05, 4.69) is 309 Å². The first kappa shape index (κ1) is 44.5. The predicted octanol–water partition coefficient (Wildman–Crippen LogP) is 16.0. The molecule has 0 atom stereocenters. The summed E-state index contributed by atoms with van der Waals surface area (Å²) in [5.74, 6) is 0. The molecule has 0 fully saturated rings. The van der Waals surface area contributed by atoms with Crippen LogP contribution in [0.3, 0.4) is 0 Å². The SMILES string of the molecule is CN(c1ccccc1)c1cc2c3c(c1)N(c1ccccc1)c1ccccc1B3n1c3ccccc3c3c4c5c(c-2c31)c1ccccc1n5B1c2ccccc2N(c2ccccc2)c2cc(N(c3ccccc3)c3ccccc3)cc-4c21. The molecule has 0 saturated heterocycles. The quantitative estimate of drug-likeness (QED) is 0.148. The number of hydrogen-bond donors (Lipinski definition) is 0. The van der Waals surface area contributed by atoms with E-state index in [0.29, 0.717) is 0 Å². The lowest BCUT2D eigenvalue weighted by molar-refractivity contribution is 1.19. The van der Waals surface area contributed by atoms with E-state index in [1.54, 1.807) is 0 Å². The van der Waals surface area contributed by atoms with Gasteiger partial charge in [-0.15, -0.1) is 0 Å². The maximum atomic E-state index is 2.75. The number of benzene rings is 12. The summed E-state index contributed by atoms with van der Waals surface area (Å²) in [6.45, 7) is -0.296. The molecule has 6 nitrogen and oxygen atoms in total. The molecule has 14 aromatic rings. The topological polar surface area (TPSA) is 22.8 Å². The minimum atomic E-state index is -0.156. The van der Waals surface area contributed by atoms with Crippen LogP contribution in [0.2, 0.25) is 0 Å². The van der Waals surface area contributed by atoms with E-state index >= 15 is 0 Å². The molecule has 8 heteroatoms. The summed E-state index contributed by atoms with van der Waals surface area (Å²) in [5.41, 5.74) is 27.7. The summed E-state index contributed by atoms with van der Waals surface area (Å²) in [5, 5.41) is 5.06. The van der Waals surface area contributed by atoms with Crippen LogP contribution in [0, 0.1) is 0 Å². The molecular weight excluding hydrogens is 982 g/mol. The molecular formula is C73H48B2N6. The number of anilines is 11. The zero-order chi connectivity index (χ0) is 53.0. The fourth-order valence-electron chi connectivity index (χ4n) is 14.8. The number of fused-ring (bicyclic) bond motifs is 16. The van der Waals surface area contributed by atoms with Crippen LogP contribution in [0.1, 0.15) is 0 Å². The van der Waals surface area contributed by atoms with Crippen LogP contribution in [0.4, 0.5) is 62.6 Å². The molecule has 4 aliphatic rings. The Morgan fingerprint density at radius 1 is 0.321 bits per heavy atom. The molecule has 0 unspecified atom stereocenters. The average Bonchev–Trinajstić information content (AvgIpc) is 4.29. The summed E-state index contributed by atoms with van der Waals surface area (Å²) in [4.78, 5) is 9.89. The van der Waals surface area contributed by atoms with E-state index in [1.165, 1.54) is 110 Å². The van der Waals surface area contributed by atoms with Crippen molar-refractivity contribution in [3.8, 4) is 22.3 Å². The Labute approximate surface area is 470 Å². The van der Waals surface area contributed by atoms with Crippen molar-refractivity contribution in [1.29, 1.82) is 0 Å². The highest BCUT2D eigenvalue weighted by molar-refractivity contribution is 6.92. The Bertz CT molecular complexity index is 4880. The Balaban J connectivity index is 1.06. The number of rotatable bonds is 7. The highest BCUT2D eigenvalue weighted by Crippen LogP contribution is 2.57. The number of hydrogen-bond acceptors (Lipinski definition) is 4. The first-order chi connectivity index (χ1) is 40.2. The number of nitrogens with zero attached hydrogens (tertiary/aromatic N) is 6. The summed E-state index contributed by atoms with van der Waals surface area (Å²) in [6.07, 6.45) is 0. The van der Waals surface area contributed by atoms with Gasteiger partial charge in [0, 0.05) is 124 Å². The molecule has 0 saturated carbocycles. The van der Waals surface area contributed by atoms with Crippen molar-refractivity contribution < 1.29 is 0 Å². The van der Waals surface area contributed by atoms with Crippen LogP contribution in [0.15, 0.2) is 273 Å². The summed E-state index contributed by atoms with van der Waals surface area (Å²) < 4.78 is 5.51. The van der Waals surface area contributed by atoms with Gasteiger partial charge in [0.15, 0.2) is 0 Å². The third-order valence-corrected chi connectivity index (χ3v) is 18.0.